The number of aliphatic hydroxyl groups excluding tert-OH is 1. The Bertz CT molecular complexity index is 755. The van der Waals surface area contributed by atoms with E-state index in [1.807, 2.05) is 37.3 Å². The summed E-state index contributed by atoms with van der Waals surface area (Å²) in [7, 11) is 0. The zero-order valence-corrected chi connectivity index (χ0v) is 14.3. The fourth-order valence-corrected chi connectivity index (χ4v) is 3.19. The molecule has 2 heterocycles. The van der Waals surface area contributed by atoms with E-state index in [1.165, 1.54) is 6.08 Å². The number of hydrogen-bond acceptors (Lipinski definition) is 3. The number of aryl methyl sites for hydroxylation is 1. The van der Waals surface area contributed by atoms with E-state index in [0.717, 1.165) is 29.8 Å². The number of carbonyl (C=O) groups is 1. The number of halogens is 1. The highest BCUT2D eigenvalue weighted by molar-refractivity contribution is 6.31. The number of para-hydroxylation sites is 1. The number of nitrogens with zero attached hydrogens (tertiary/aromatic N) is 3. The first-order valence-corrected chi connectivity index (χ1v) is 8.39. The van der Waals surface area contributed by atoms with E-state index in [-0.39, 0.29) is 5.91 Å². The Hall–Kier alpha value is -2.11. The number of likely N-dealkylation sites (tertiary alicyclic amines) is 1. The van der Waals surface area contributed by atoms with Gasteiger partial charge in [0.05, 0.1) is 17.5 Å². The lowest BCUT2D eigenvalue weighted by Gasteiger charge is -2.29. The fraction of sp³-hybridized carbons (Fsp3) is 0.333. The SMILES string of the molecule is Cc1nn(-c2ccccc2)c(Cl)c1C=CC(=O)N1CCCC(O)C1. The van der Waals surface area contributed by atoms with Crippen LogP contribution in [0.5, 0.6) is 0 Å². The minimum Gasteiger partial charge on any atom is -0.391 e. The topological polar surface area (TPSA) is 58.4 Å². The number of β-amino-alcohol motifs (C(OH)–C–C–N with tert-alkyl or cyclic N) is 1. The molecule has 1 fully saturated rings. The minimum absolute atomic E-state index is 0.114. The average molecular weight is 346 g/mol. The second kappa shape index (κ2) is 7.20. The summed E-state index contributed by atoms with van der Waals surface area (Å²) in [6, 6.07) is 9.62. The molecule has 1 unspecified atom stereocenters. The standard InChI is InChI=1S/C18H20ClN3O2/c1-13-16(9-10-17(24)21-11-5-8-15(23)12-21)18(19)22(20-13)14-6-3-2-4-7-14/h2-4,6-7,9-10,15,23H,5,8,11-12H2,1H3. The van der Waals surface area contributed by atoms with Gasteiger partial charge in [0.25, 0.3) is 0 Å². The molecule has 126 valence electrons. The molecule has 6 heteroatoms. The first-order chi connectivity index (χ1) is 11.6. The number of benzene rings is 1. The van der Waals surface area contributed by atoms with Crippen LogP contribution in [0.4, 0.5) is 0 Å². The highest BCUT2D eigenvalue weighted by Crippen LogP contribution is 2.24. The molecule has 0 aliphatic carbocycles. The molecule has 1 aromatic carbocycles. The Balaban J connectivity index is 1.80. The maximum atomic E-state index is 12.3. The second-order valence-corrected chi connectivity index (χ2v) is 6.31. The van der Waals surface area contributed by atoms with Gasteiger partial charge in [0.1, 0.15) is 5.15 Å². The van der Waals surface area contributed by atoms with E-state index in [0.29, 0.717) is 18.2 Å². The number of aliphatic hydroxyl groups is 1. The smallest absolute Gasteiger partial charge is 0.246 e. The summed E-state index contributed by atoms with van der Waals surface area (Å²) in [5, 5.41) is 14.6. The van der Waals surface area contributed by atoms with E-state index >= 15 is 0 Å². The van der Waals surface area contributed by atoms with Gasteiger partial charge >= 0.3 is 0 Å². The quantitative estimate of drug-likeness (QED) is 0.870. The van der Waals surface area contributed by atoms with Crippen LogP contribution in [-0.2, 0) is 4.79 Å². The Morgan fingerprint density at radius 2 is 2.12 bits per heavy atom. The zero-order valence-electron chi connectivity index (χ0n) is 13.5. The first kappa shape index (κ1) is 16.7. The van der Waals surface area contributed by atoms with Crippen molar-refractivity contribution in [3.63, 3.8) is 0 Å². The average Bonchev–Trinajstić information content (AvgIpc) is 2.88. The summed E-state index contributed by atoms with van der Waals surface area (Å²) < 4.78 is 1.66. The molecule has 0 radical (unpaired) electrons. The molecule has 3 rings (SSSR count). The highest BCUT2D eigenvalue weighted by atomic mass is 35.5. The summed E-state index contributed by atoms with van der Waals surface area (Å²) in [4.78, 5) is 13.9. The molecule has 24 heavy (non-hydrogen) atoms. The molecule has 5 nitrogen and oxygen atoms in total. The minimum atomic E-state index is -0.428. The zero-order chi connectivity index (χ0) is 17.1. The van der Waals surface area contributed by atoms with Crippen molar-refractivity contribution in [2.24, 2.45) is 0 Å². The lowest BCUT2D eigenvalue weighted by molar-refractivity contribution is -0.128. The van der Waals surface area contributed by atoms with Crippen LogP contribution >= 0.6 is 11.6 Å². The van der Waals surface area contributed by atoms with Gasteiger partial charge in [-0.05, 0) is 38.0 Å². The number of aromatic nitrogens is 2. The molecule has 1 aliphatic rings. The third kappa shape index (κ3) is 3.52. The molecular weight excluding hydrogens is 326 g/mol. The largest absolute Gasteiger partial charge is 0.391 e. The monoisotopic (exact) mass is 345 g/mol. The predicted octanol–water partition coefficient (Wildman–Crippen LogP) is 2.83. The van der Waals surface area contributed by atoms with Crippen molar-refractivity contribution < 1.29 is 9.90 Å². The summed E-state index contributed by atoms with van der Waals surface area (Å²) in [5.41, 5.74) is 2.36. The normalized spacial score (nSPS) is 18.3. The summed E-state index contributed by atoms with van der Waals surface area (Å²) >= 11 is 6.44. The molecule has 0 bridgehead atoms. The van der Waals surface area contributed by atoms with Crippen molar-refractivity contribution >= 4 is 23.6 Å². The van der Waals surface area contributed by atoms with Gasteiger partial charge in [0.2, 0.25) is 5.91 Å². The third-order valence-electron chi connectivity index (χ3n) is 4.15. The Morgan fingerprint density at radius 3 is 2.83 bits per heavy atom. The number of piperidine rings is 1. The second-order valence-electron chi connectivity index (χ2n) is 5.95. The lowest BCUT2D eigenvalue weighted by atomic mass is 10.1. The Labute approximate surface area is 146 Å². The number of carbonyl (C=O) groups excluding carboxylic acids is 1. The van der Waals surface area contributed by atoms with Crippen LogP contribution in [-0.4, -0.2) is 44.9 Å². The van der Waals surface area contributed by atoms with Crippen molar-refractivity contribution in [1.29, 1.82) is 0 Å². The molecule has 1 aromatic heterocycles. The molecule has 1 atom stereocenters. The van der Waals surface area contributed by atoms with Crippen LogP contribution in [0.25, 0.3) is 11.8 Å². The van der Waals surface area contributed by atoms with Crippen LogP contribution in [0, 0.1) is 6.92 Å². The fourth-order valence-electron chi connectivity index (χ4n) is 2.86. The van der Waals surface area contributed by atoms with Gasteiger partial charge in [0, 0.05) is 24.7 Å². The molecule has 1 amide bonds. The summed E-state index contributed by atoms with van der Waals surface area (Å²) in [6.45, 7) is 2.93. The van der Waals surface area contributed by atoms with E-state index in [9.17, 15) is 9.90 Å². The molecule has 1 saturated heterocycles. The van der Waals surface area contributed by atoms with Gasteiger partial charge < -0.3 is 10.0 Å². The van der Waals surface area contributed by atoms with Gasteiger partial charge in [-0.15, -0.1) is 0 Å². The van der Waals surface area contributed by atoms with E-state index < -0.39 is 6.10 Å². The molecule has 2 aromatic rings. The van der Waals surface area contributed by atoms with Crippen molar-refractivity contribution in [3.8, 4) is 5.69 Å². The van der Waals surface area contributed by atoms with Crippen LogP contribution in [0.1, 0.15) is 24.1 Å². The van der Waals surface area contributed by atoms with Gasteiger partial charge in [-0.1, -0.05) is 29.8 Å². The van der Waals surface area contributed by atoms with Crippen LogP contribution < -0.4 is 0 Å². The Morgan fingerprint density at radius 1 is 1.38 bits per heavy atom. The van der Waals surface area contributed by atoms with E-state index in [1.54, 1.807) is 15.7 Å². The van der Waals surface area contributed by atoms with Crippen molar-refractivity contribution in [1.82, 2.24) is 14.7 Å². The van der Waals surface area contributed by atoms with Crippen molar-refractivity contribution in [2.45, 2.75) is 25.9 Å². The third-order valence-corrected chi connectivity index (χ3v) is 4.51. The van der Waals surface area contributed by atoms with Crippen molar-refractivity contribution in [2.75, 3.05) is 13.1 Å². The molecule has 0 saturated carbocycles. The van der Waals surface area contributed by atoms with Gasteiger partial charge in [-0.2, -0.15) is 5.10 Å². The van der Waals surface area contributed by atoms with E-state index in [2.05, 4.69) is 5.10 Å². The molecule has 1 aliphatic heterocycles. The van der Waals surface area contributed by atoms with Crippen LogP contribution in [0.15, 0.2) is 36.4 Å². The van der Waals surface area contributed by atoms with Crippen LogP contribution in [0.2, 0.25) is 5.15 Å². The van der Waals surface area contributed by atoms with Crippen LogP contribution in [0.3, 0.4) is 0 Å². The summed E-state index contributed by atoms with van der Waals surface area (Å²) in [6.07, 6.45) is 4.35. The number of rotatable bonds is 3. The molecule has 1 N–H and O–H groups in total. The predicted molar refractivity (Wildman–Crippen MR) is 94.2 cm³/mol. The Kier molecular flexibility index (Phi) is 5.02. The summed E-state index contributed by atoms with van der Waals surface area (Å²) in [5.74, 6) is -0.114. The molecular formula is C18H20ClN3O2. The lowest BCUT2D eigenvalue weighted by Crippen LogP contribution is -2.41. The maximum absolute atomic E-state index is 12.3. The van der Waals surface area contributed by atoms with Gasteiger partial charge in [0.15, 0.2) is 0 Å². The number of amides is 1. The maximum Gasteiger partial charge on any atom is 0.246 e. The van der Waals surface area contributed by atoms with Gasteiger partial charge in [-0.3, -0.25) is 4.79 Å². The van der Waals surface area contributed by atoms with E-state index in [4.69, 9.17) is 11.6 Å². The van der Waals surface area contributed by atoms with Crippen molar-refractivity contribution in [3.05, 3.63) is 52.8 Å². The first-order valence-electron chi connectivity index (χ1n) is 8.02. The molecule has 0 spiro atoms. The number of hydrogen-bond donors (Lipinski definition) is 1. The highest BCUT2D eigenvalue weighted by Gasteiger charge is 2.20. The van der Waals surface area contributed by atoms with Gasteiger partial charge in [-0.25, -0.2) is 4.68 Å².